The summed E-state index contributed by atoms with van der Waals surface area (Å²) in [5.41, 5.74) is 1.04. The number of nitrogens with zero attached hydrogens (tertiary/aromatic N) is 1. The van der Waals surface area contributed by atoms with Gasteiger partial charge in [0.2, 0.25) is 5.91 Å². The van der Waals surface area contributed by atoms with Crippen molar-refractivity contribution >= 4 is 40.6 Å². The summed E-state index contributed by atoms with van der Waals surface area (Å²) >= 11 is 9.54. The van der Waals surface area contributed by atoms with Crippen LogP contribution in [0.4, 0.5) is 0 Å². The number of ether oxygens (including phenoxy) is 2. The Balaban J connectivity index is 1.52. The van der Waals surface area contributed by atoms with Crippen LogP contribution in [0.15, 0.2) is 29.6 Å². The van der Waals surface area contributed by atoms with Crippen LogP contribution < -0.4 is 9.47 Å². The van der Waals surface area contributed by atoms with Gasteiger partial charge < -0.3 is 14.4 Å². The molecule has 0 radical (unpaired) electrons. The van der Waals surface area contributed by atoms with Gasteiger partial charge in [0.15, 0.2) is 11.5 Å². The largest absolute Gasteiger partial charge is 0.489 e. The molecule has 2 aromatic rings. The third kappa shape index (κ3) is 5.06. The van der Waals surface area contributed by atoms with Crippen LogP contribution in [0.3, 0.4) is 0 Å². The highest BCUT2D eigenvalue weighted by Gasteiger charge is 2.16. The topological polar surface area (TPSA) is 38.8 Å². The minimum Gasteiger partial charge on any atom is -0.489 e. The van der Waals surface area contributed by atoms with Crippen molar-refractivity contribution in [2.45, 2.75) is 18.7 Å². The molecule has 0 bridgehead atoms. The van der Waals surface area contributed by atoms with Crippen molar-refractivity contribution < 1.29 is 14.3 Å². The number of benzene rings is 1. The first-order valence-corrected chi connectivity index (χ1v) is 10.5. The fourth-order valence-corrected chi connectivity index (χ4v) is 4.40. The van der Waals surface area contributed by atoms with Gasteiger partial charge in [-0.3, -0.25) is 4.79 Å². The van der Waals surface area contributed by atoms with Crippen LogP contribution in [0.2, 0.25) is 5.02 Å². The first-order valence-electron chi connectivity index (χ1n) is 8.05. The van der Waals surface area contributed by atoms with Crippen molar-refractivity contribution in [1.29, 1.82) is 0 Å². The summed E-state index contributed by atoms with van der Waals surface area (Å²) in [7, 11) is 1.84. The predicted molar refractivity (Wildman–Crippen MR) is 104 cm³/mol. The maximum absolute atomic E-state index is 12.2. The third-order valence-corrected chi connectivity index (χ3v) is 5.89. The first-order chi connectivity index (χ1) is 12.1. The Labute approximate surface area is 161 Å². The Kier molecular flexibility index (Phi) is 6.51. The molecule has 1 aromatic heterocycles. The van der Waals surface area contributed by atoms with Crippen molar-refractivity contribution in [2.24, 2.45) is 0 Å². The molecule has 0 fully saturated rings. The second-order valence-corrected chi connectivity index (χ2v) is 8.20. The normalized spacial score (nSPS) is 13.4. The van der Waals surface area contributed by atoms with Gasteiger partial charge in [0.1, 0.15) is 0 Å². The van der Waals surface area contributed by atoms with Crippen molar-refractivity contribution in [3.63, 3.8) is 0 Å². The van der Waals surface area contributed by atoms with E-state index >= 15 is 0 Å². The van der Waals surface area contributed by atoms with E-state index in [4.69, 9.17) is 21.1 Å². The molecule has 3 rings (SSSR count). The summed E-state index contributed by atoms with van der Waals surface area (Å²) < 4.78 is 11.3. The number of thiophene rings is 1. The average molecular weight is 398 g/mol. The number of hydrogen-bond acceptors (Lipinski definition) is 5. The SMILES string of the molecule is CN(Cc1cccs1)C(=O)CSCc1cc(Cl)c2c(c1)OCCCO2. The monoisotopic (exact) mass is 397 g/mol. The van der Waals surface area contributed by atoms with E-state index in [0.29, 0.717) is 47.8 Å². The maximum Gasteiger partial charge on any atom is 0.232 e. The van der Waals surface area contributed by atoms with Crippen molar-refractivity contribution in [2.75, 3.05) is 26.0 Å². The zero-order valence-electron chi connectivity index (χ0n) is 14.0. The van der Waals surface area contributed by atoms with E-state index in [2.05, 4.69) is 0 Å². The van der Waals surface area contributed by atoms with Crippen LogP contribution in [-0.2, 0) is 17.1 Å². The van der Waals surface area contributed by atoms with Gasteiger partial charge in [-0.2, -0.15) is 0 Å². The molecular weight excluding hydrogens is 378 g/mol. The summed E-state index contributed by atoms with van der Waals surface area (Å²) in [6.07, 6.45) is 0.847. The molecule has 4 nitrogen and oxygen atoms in total. The molecule has 1 aromatic carbocycles. The highest BCUT2D eigenvalue weighted by molar-refractivity contribution is 7.99. The highest BCUT2D eigenvalue weighted by Crippen LogP contribution is 2.38. The van der Waals surface area contributed by atoms with Crippen LogP contribution in [0.1, 0.15) is 16.9 Å². The number of amides is 1. The lowest BCUT2D eigenvalue weighted by Crippen LogP contribution is -2.27. The Morgan fingerprint density at radius 1 is 1.36 bits per heavy atom. The standard InChI is InChI=1S/C18H20ClNO3S2/c1-20(10-14-4-2-7-25-14)17(21)12-24-11-13-8-15(19)18-16(9-13)22-5-3-6-23-18/h2,4,7-9H,3,5-6,10-12H2,1H3. The van der Waals surface area contributed by atoms with Gasteiger partial charge in [-0.25, -0.2) is 0 Å². The molecular formula is C18H20ClNO3S2. The summed E-state index contributed by atoms with van der Waals surface area (Å²) in [5, 5.41) is 2.59. The first kappa shape index (κ1) is 18.4. The van der Waals surface area contributed by atoms with Crippen LogP contribution in [0.5, 0.6) is 11.5 Å². The molecule has 0 saturated carbocycles. The van der Waals surface area contributed by atoms with E-state index in [9.17, 15) is 4.79 Å². The lowest BCUT2D eigenvalue weighted by Gasteiger charge is -2.16. The number of halogens is 1. The average Bonchev–Trinajstić information content (AvgIpc) is 2.97. The van der Waals surface area contributed by atoms with E-state index in [1.54, 1.807) is 28.0 Å². The molecule has 25 heavy (non-hydrogen) atoms. The summed E-state index contributed by atoms with van der Waals surface area (Å²) in [5.74, 6) is 2.59. The number of carbonyl (C=O) groups is 1. The van der Waals surface area contributed by atoms with Gasteiger partial charge in [0, 0.05) is 24.1 Å². The zero-order chi connectivity index (χ0) is 17.6. The minimum atomic E-state index is 0.124. The highest BCUT2D eigenvalue weighted by atomic mass is 35.5. The minimum absolute atomic E-state index is 0.124. The van der Waals surface area contributed by atoms with E-state index in [1.807, 2.05) is 36.7 Å². The fraction of sp³-hybridized carbons (Fsp3) is 0.389. The molecule has 1 aliphatic rings. The van der Waals surface area contributed by atoms with Gasteiger partial charge in [-0.1, -0.05) is 17.7 Å². The molecule has 0 spiro atoms. The van der Waals surface area contributed by atoms with Crippen LogP contribution in [0, 0.1) is 0 Å². The molecule has 0 saturated heterocycles. The molecule has 0 aliphatic carbocycles. The lowest BCUT2D eigenvalue weighted by atomic mass is 10.2. The molecule has 0 N–H and O–H groups in total. The van der Waals surface area contributed by atoms with Gasteiger partial charge in [0.25, 0.3) is 0 Å². The van der Waals surface area contributed by atoms with E-state index in [-0.39, 0.29) is 5.91 Å². The zero-order valence-corrected chi connectivity index (χ0v) is 16.4. The van der Waals surface area contributed by atoms with E-state index in [1.165, 1.54) is 4.88 Å². The second-order valence-electron chi connectivity index (χ2n) is 5.78. The van der Waals surface area contributed by atoms with Crippen molar-refractivity contribution in [3.8, 4) is 11.5 Å². The quantitative estimate of drug-likeness (QED) is 0.721. The molecule has 0 unspecified atom stereocenters. The number of fused-ring (bicyclic) bond motifs is 1. The number of thioether (sulfide) groups is 1. The fourth-order valence-electron chi connectivity index (χ4n) is 2.46. The van der Waals surface area contributed by atoms with Crippen LogP contribution >= 0.6 is 34.7 Å². The Bertz CT molecular complexity index is 721. The molecule has 134 valence electrons. The number of rotatable bonds is 6. The van der Waals surface area contributed by atoms with Crippen LogP contribution in [0.25, 0.3) is 0 Å². The molecule has 1 amide bonds. The van der Waals surface area contributed by atoms with Crippen molar-refractivity contribution in [1.82, 2.24) is 4.90 Å². The third-order valence-electron chi connectivity index (χ3n) is 3.76. The Morgan fingerprint density at radius 2 is 2.20 bits per heavy atom. The van der Waals surface area contributed by atoms with E-state index in [0.717, 1.165) is 12.0 Å². The Morgan fingerprint density at radius 3 is 3.00 bits per heavy atom. The van der Waals surface area contributed by atoms with E-state index < -0.39 is 0 Å². The molecule has 1 aliphatic heterocycles. The molecule has 0 atom stereocenters. The molecule has 2 heterocycles. The summed E-state index contributed by atoms with van der Waals surface area (Å²) in [6.45, 7) is 1.91. The van der Waals surface area contributed by atoms with Gasteiger partial charge in [0.05, 0.1) is 30.5 Å². The van der Waals surface area contributed by atoms with Crippen LogP contribution in [-0.4, -0.2) is 36.8 Å². The maximum atomic E-state index is 12.2. The summed E-state index contributed by atoms with van der Waals surface area (Å²) in [6, 6.07) is 7.89. The molecule has 7 heteroatoms. The second kappa shape index (κ2) is 8.83. The Hall–Kier alpha value is -1.37. The van der Waals surface area contributed by atoms with Crippen molar-refractivity contribution in [3.05, 3.63) is 45.1 Å². The van der Waals surface area contributed by atoms with Gasteiger partial charge >= 0.3 is 0 Å². The number of hydrogen-bond donors (Lipinski definition) is 0. The lowest BCUT2D eigenvalue weighted by molar-refractivity contribution is -0.127. The van der Waals surface area contributed by atoms with Gasteiger partial charge in [-0.15, -0.1) is 23.1 Å². The van der Waals surface area contributed by atoms with Gasteiger partial charge in [-0.05, 0) is 29.1 Å². The smallest absolute Gasteiger partial charge is 0.232 e. The summed E-state index contributed by atoms with van der Waals surface area (Å²) in [4.78, 5) is 15.2. The predicted octanol–water partition coefficient (Wildman–Crippen LogP) is 4.45. The number of carbonyl (C=O) groups excluding carboxylic acids is 1.